The summed E-state index contributed by atoms with van der Waals surface area (Å²) in [4.78, 5) is 0. The summed E-state index contributed by atoms with van der Waals surface area (Å²) in [7, 11) is 0. The lowest BCUT2D eigenvalue weighted by Crippen LogP contribution is -2.31. The summed E-state index contributed by atoms with van der Waals surface area (Å²) in [5.41, 5.74) is 6.23. The third kappa shape index (κ3) is 3.32. The smallest absolute Gasteiger partial charge is 0.00486 e. The van der Waals surface area contributed by atoms with Crippen LogP contribution in [0.2, 0.25) is 0 Å². The molecule has 0 saturated heterocycles. The molecule has 1 fully saturated rings. The Morgan fingerprint density at radius 2 is 1.92 bits per heavy atom. The average molecular weight is 192 g/mol. The minimum absolute atomic E-state index is 0. The van der Waals surface area contributed by atoms with Crippen molar-refractivity contribution in [3.8, 4) is 0 Å². The Kier molecular flexibility index (Phi) is 4.57. The molecule has 0 aromatic rings. The molecule has 0 bridgehead atoms. The first-order chi connectivity index (χ1) is 5.03. The third-order valence-corrected chi connectivity index (χ3v) is 2.81. The Labute approximate surface area is 82.5 Å². The van der Waals surface area contributed by atoms with Gasteiger partial charge in [0.05, 0.1) is 0 Å². The highest BCUT2D eigenvalue weighted by Gasteiger charge is 2.30. The molecule has 2 atom stereocenters. The fraction of sp³-hybridized carbons (Fsp3) is 1.00. The molecule has 0 amide bonds. The standard InChI is InChI=1S/C10H21N.ClH/c1-8-4-9(7-11)6-10(2,3)5-8;/h8-9H,4-7,11H2,1-3H3;1H/t8-,9-;/m0./s1. The van der Waals surface area contributed by atoms with Crippen molar-refractivity contribution in [2.45, 2.75) is 40.0 Å². The molecule has 0 radical (unpaired) electrons. The second-order valence-corrected chi connectivity index (χ2v) is 5.02. The van der Waals surface area contributed by atoms with E-state index >= 15 is 0 Å². The molecule has 0 aromatic heterocycles. The van der Waals surface area contributed by atoms with Crippen LogP contribution in [0, 0.1) is 17.3 Å². The third-order valence-electron chi connectivity index (χ3n) is 2.81. The van der Waals surface area contributed by atoms with Crippen LogP contribution < -0.4 is 5.73 Å². The fourth-order valence-corrected chi connectivity index (χ4v) is 2.72. The monoisotopic (exact) mass is 191 g/mol. The lowest BCUT2D eigenvalue weighted by molar-refractivity contribution is 0.137. The molecule has 2 N–H and O–H groups in total. The van der Waals surface area contributed by atoms with Gasteiger partial charge >= 0.3 is 0 Å². The summed E-state index contributed by atoms with van der Waals surface area (Å²) < 4.78 is 0. The molecule has 0 aromatic carbocycles. The fourth-order valence-electron chi connectivity index (χ4n) is 2.72. The molecule has 0 heterocycles. The van der Waals surface area contributed by atoms with E-state index in [0.29, 0.717) is 5.41 Å². The van der Waals surface area contributed by atoms with Crippen LogP contribution in [0.3, 0.4) is 0 Å². The first-order valence-electron chi connectivity index (χ1n) is 4.73. The van der Waals surface area contributed by atoms with Crippen LogP contribution in [0.25, 0.3) is 0 Å². The highest BCUT2D eigenvalue weighted by Crippen LogP contribution is 2.40. The van der Waals surface area contributed by atoms with Gasteiger partial charge in [-0.3, -0.25) is 0 Å². The molecule has 12 heavy (non-hydrogen) atoms. The zero-order valence-electron chi connectivity index (χ0n) is 8.47. The number of halogens is 1. The molecule has 1 saturated carbocycles. The molecule has 1 rings (SSSR count). The molecule has 1 nitrogen and oxygen atoms in total. The van der Waals surface area contributed by atoms with Crippen molar-refractivity contribution in [1.29, 1.82) is 0 Å². The second kappa shape index (κ2) is 4.48. The van der Waals surface area contributed by atoms with E-state index in [1.807, 2.05) is 0 Å². The van der Waals surface area contributed by atoms with Crippen LogP contribution in [0.4, 0.5) is 0 Å². The first kappa shape index (κ1) is 12.2. The van der Waals surface area contributed by atoms with E-state index in [-0.39, 0.29) is 12.4 Å². The van der Waals surface area contributed by atoms with Crippen LogP contribution in [0.15, 0.2) is 0 Å². The molecular formula is C10H22ClN. The lowest BCUT2D eigenvalue weighted by atomic mass is 9.68. The lowest BCUT2D eigenvalue weighted by Gasteiger charge is -2.38. The van der Waals surface area contributed by atoms with E-state index in [4.69, 9.17) is 5.73 Å². The van der Waals surface area contributed by atoms with Gasteiger partial charge in [0, 0.05) is 0 Å². The normalized spacial score (nSPS) is 34.0. The van der Waals surface area contributed by atoms with Gasteiger partial charge in [0.1, 0.15) is 0 Å². The summed E-state index contributed by atoms with van der Waals surface area (Å²) in [5.74, 6) is 1.67. The molecule has 0 aliphatic heterocycles. The van der Waals surface area contributed by atoms with Gasteiger partial charge in [0.2, 0.25) is 0 Å². The van der Waals surface area contributed by atoms with Crippen molar-refractivity contribution in [2.75, 3.05) is 6.54 Å². The summed E-state index contributed by atoms with van der Waals surface area (Å²) in [6.07, 6.45) is 4.05. The second-order valence-electron chi connectivity index (χ2n) is 5.02. The number of hydrogen-bond acceptors (Lipinski definition) is 1. The molecule has 74 valence electrons. The Bertz CT molecular complexity index is 134. The van der Waals surface area contributed by atoms with Gasteiger partial charge in [-0.05, 0) is 43.1 Å². The Hall–Kier alpha value is 0.250. The topological polar surface area (TPSA) is 26.0 Å². The van der Waals surface area contributed by atoms with E-state index in [1.165, 1.54) is 19.3 Å². The molecule has 0 unspecified atom stereocenters. The maximum absolute atomic E-state index is 5.69. The first-order valence-corrected chi connectivity index (χ1v) is 4.73. The van der Waals surface area contributed by atoms with Crippen LogP contribution in [-0.4, -0.2) is 6.54 Å². The quantitative estimate of drug-likeness (QED) is 0.678. The van der Waals surface area contributed by atoms with Gasteiger partial charge in [-0.25, -0.2) is 0 Å². The van der Waals surface area contributed by atoms with E-state index in [0.717, 1.165) is 18.4 Å². The van der Waals surface area contributed by atoms with Crippen molar-refractivity contribution in [3.63, 3.8) is 0 Å². The van der Waals surface area contributed by atoms with Gasteiger partial charge < -0.3 is 5.73 Å². The Morgan fingerprint density at radius 1 is 1.33 bits per heavy atom. The molecular weight excluding hydrogens is 170 g/mol. The van der Waals surface area contributed by atoms with E-state index < -0.39 is 0 Å². The maximum Gasteiger partial charge on any atom is -0.00486 e. The highest BCUT2D eigenvalue weighted by molar-refractivity contribution is 5.85. The van der Waals surface area contributed by atoms with Crippen molar-refractivity contribution < 1.29 is 0 Å². The number of rotatable bonds is 1. The summed E-state index contributed by atoms with van der Waals surface area (Å²) in [6, 6.07) is 0. The van der Waals surface area contributed by atoms with Crippen LogP contribution in [0.5, 0.6) is 0 Å². The van der Waals surface area contributed by atoms with Gasteiger partial charge in [-0.15, -0.1) is 12.4 Å². The van der Waals surface area contributed by atoms with Gasteiger partial charge in [-0.2, -0.15) is 0 Å². The number of hydrogen-bond donors (Lipinski definition) is 1. The van der Waals surface area contributed by atoms with Crippen LogP contribution in [0.1, 0.15) is 40.0 Å². The molecule has 1 aliphatic rings. The molecule has 0 spiro atoms. The predicted octanol–water partition coefficient (Wildman–Crippen LogP) is 2.83. The minimum atomic E-state index is 0. The van der Waals surface area contributed by atoms with Gasteiger partial charge in [-0.1, -0.05) is 20.8 Å². The summed E-state index contributed by atoms with van der Waals surface area (Å²) in [5, 5.41) is 0. The SMILES string of the molecule is C[C@H]1C[C@H](CN)CC(C)(C)C1.Cl. The molecule has 1 aliphatic carbocycles. The summed E-state index contributed by atoms with van der Waals surface area (Å²) >= 11 is 0. The van der Waals surface area contributed by atoms with Gasteiger partial charge in [0.25, 0.3) is 0 Å². The van der Waals surface area contributed by atoms with Crippen molar-refractivity contribution >= 4 is 12.4 Å². The van der Waals surface area contributed by atoms with Crippen molar-refractivity contribution in [3.05, 3.63) is 0 Å². The average Bonchev–Trinajstić information content (AvgIpc) is 1.83. The largest absolute Gasteiger partial charge is 0.330 e. The zero-order chi connectivity index (χ0) is 8.48. The minimum Gasteiger partial charge on any atom is -0.330 e. The zero-order valence-corrected chi connectivity index (χ0v) is 9.29. The number of nitrogens with two attached hydrogens (primary N) is 1. The van der Waals surface area contributed by atoms with Crippen molar-refractivity contribution in [2.24, 2.45) is 23.0 Å². The van der Waals surface area contributed by atoms with Gasteiger partial charge in [0.15, 0.2) is 0 Å². The van der Waals surface area contributed by atoms with E-state index in [2.05, 4.69) is 20.8 Å². The predicted molar refractivity (Wildman–Crippen MR) is 56.6 cm³/mol. The Morgan fingerprint density at radius 3 is 2.33 bits per heavy atom. The summed E-state index contributed by atoms with van der Waals surface area (Å²) in [6.45, 7) is 7.97. The Balaban J connectivity index is 0.00000121. The van der Waals surface area contributed by atoms with Crippen LogP contribution in [-0.2, 0) is 0 Å². The van der Waals surface area contributed by atoms with Crippen molar-refractivity contribution in [1.82, 2.24) is 0 Å². The van der Waals surface area contributed by atoms with E-state index in [9.17, 15) is 0 Å². The molecule has 2 heteroatoms. The van der Waals surface area contributed by atoms with E-state index in [1.54, 1.807) is 0 Å². The van der Waals surface area contributed by atoms with Crippen LogP contribution >= 0.6 is 12.4 Å². The maximum atomic E-state index is 5.69. The highest BCUT2D eigenvalue weighted by atomic mass is 35.5.